The van der Waals surface area contributed by atoms with Crippen LogP contribution in [0.5, 0.6) is 0 Å². The van der Waals surface area contributed by atoms with Crippen LogP contribution >= 0.6 is 23.1 Å². The number of aromatic nitrogens is 3. The molecule has 0 bridgehead atoms. The second kappa shape index (κ2) is 6.89. The number of hydrogen-bond acceptors (Lipinski definition) is 5. The molecule has 112 valence electrons. The molecule has 2 aromatic heterocycles. The van der Waals surface area contributed by atoms with E-state index in [1.807, 2.05) is 41.8 Å². The average Bonchev–Trinajstić information content (AvgIpc) is 3.23. The molecular formula is C16H15N3OS2. The quantitative estimate of drug-likeness (QED) is 0.547. The third-order valence-electron chi connectivity index (χ3n) is 3.24. The summed E-state index contributed by atoms with van der Waals surface area (Å²) in [6.07, 6.45) is 0.978. The summed E-state index contributed by atoms with van der Waals surface area (Å²) in [5.41, 5.74) is 1.97. The number of thiophene rings is 1. The van der Waals surface area contributed by atoms with Crippen LogP contribution < -0.4 is 0 Å². The van der Waals surface area contributed by atoms with Crippen LogP contribution in [0.1, 0.15) is 22.8 Å². The largest absolute Gasteiger partial charge is 0.293 e. The second-order valence-corrected chi connectivity index (χ2v) is 6.60. The Bertz CT molecular complexity index is 748. The highest BCUT2D eigenvalue weighted by Crippen LogP contribution is 2.23. The van der Waals surface area contributed by atoms with Gasteiger partial charge in [0.05, 0.1) is 10.6 Å². The Labute approximate surface area is 137 Å². The Morgan fingerprint density at radius 3 is 2.77 bits per heavy atom. The molecule has 1 N–H and O–H groups in total. The molecule has 0 unspecified atom stereocenters. The van der Waals surface area contributed by atoms with Crippen molar-refractivity contribution in [3.05, 3.63) is 52.9 Å². The molecule has 3 aromatic rings. The van der Waals surface area contributed by atoms with E-state index in [0.29, 0.717) is 10.9 Å². The summed E-state index contributed by atoms with van der Waals surface area (Å²) in [4.78, 5) is 17.6. The first kappa shape index (κ1) is 15.0. The summed E-state index contributed by atoms with van der Waals surface area (Å²) in [6, 6.07) is 11.7. The van der Waals surface area contributed by atoms with Crippen molar-refractivity contribution < 1.29 is 4.79 Å². The van der Waals surface area contributed by atoms with Gasteiger partial charge in [0.25, 0.3) is 0 Å². The number of aryl methyl sites for hydroxylation is 1. The number of hydrogen-bond donors (Lipinski definition) is 1. The van der Waals surface area contributed by atoms with Crippen LogP contribution in [0.4, 0.5) is 0 Å². The lowest BCUT2D eigenvalue weighted by Crippen LogP contribution is -2.02. The van der Waals surface area contributed by atoms with Gasteiger partial charge in [0.1, 0.15) is 0 Å². The van der Waals surface area contributed by atoms with Crippen LogP contribution in [0.25, 0.3) is 10.7 Å². The summed E-state index contributed by atoms with van der Waals surface area (Å²) < 4.78 is 0. The first-order valence-corrected chi connectivity index (χ1v) is 8.84. The van der Waals surface area contributed by atoms with E-state index >= 15 is 0 Å². The molecule has 6 heteroatoms. The molecule has 0 aliphatic carbocycles. The van der Waals surface area contributed by atoms with E-state index in [9.17, 15) is 4.79 Å². The minimum absolute atomic E-state index is 0.0927. The predicted molar refractivity (Wildman–Crippen MR) is 90.6 cm³/mol. The molecule has 4 nitrogen and oxygen atoms in total. The van der Waals surface area contributed by atoms with E-state index < -0.39 is 0 Å². The summed E-state index contributed by atoms with van der Waals surface area (Å²) >= 11 is 2.96. The van der Waals surface area contributed by atoms with E-state index in [1.54, 1.807) is 11.3 Å². The fraction of sp³-hybridized carbons (Fsp3) is 0.188. The number of ketones is 1. The number of Topliss-reactive ketones (excluding diaryl/α,β-unsaturated/α-hetero) is 1. The van der Waals surface area contributed by atoms with Gasteiger partial charge in [-0.25, -0.2) is 4.98 Å². The number of nitrogens with one attached hydrogen (secondary N) is 1. The third-order valence-corrected chi connectivity index (χ3v) is 4.96. The maximum absolute atomic E-state index is 12.2. The smallest absolute Gasteiger partial charge is 0.209 e. The number of nitrogens with zero attached hydrogens (tertiary/aromatic N) is 2. The fourth-order valence-electron chi connectivity index (χ4n) is 1.97. The first-order chi connectivity index (χ1) is 10.8. The number of thioether (sulfide) groups is 1. The SMILES string of the molecule is CCc1ccc(C(=O)CSc2n[nH]c(-c3cccs3)n2)cc1. The lowest BCUT2D eigenvalue weighted by atomic mass is 10.1. The molecule has 0 aliphatic heterocycles. The van der Waals surface area contributed by atoms with E-state index in [-0.39, 0.29) is 5.78 Å². The lowest BCUT2D eigenvalue weighted by molar-refractivity contribution is 0.102. The van der Waals surface area contributed by atoms with E-state index in [1.165, 1.54) is 17.3 Å². The molecule has 22 heavy (non-hydrogen) atoms. The summed E-state index contributed by atoms with van der Waals surface area (Å²) in [7, 11) is 0. The molecule has 2 heterocycles. The van der Waals surface area contributed by atoms with Gasteiger partial charge in [-0.2, -0.15) is 0 Å². The van der Waals surface area contributed by atoms with Crippen molar-refractivity contribution in [2.45, 2.75) is 18.5 Å². The van der Waals surface area contributed by atoms with Crippen LogP contribution in [-0.4, -0.2) is 26.7 Å². The van der Waals surface area contributed by atoms with Gasteiger partial charge < -0.3 is 0 Å². The number of aromatic amines is 1. The summed E-state index contributed by atoms with van der Waals surface area (Å²) in [5, 5.41) is 9.64. The van der Waals surface area contributed by atoms with Crippen molar-refractivity contribution in [1.29, 1.82) is 0 Å². The Balaban J connectivity index is 1.61. The molecule has 0 radical (unpaired) electrons. The van der Waals surface area contributed by atoms with Gasteiger partial charge in [-0.05, 0) is 23.4 Å². The van der Waals surface area contributed by atoms with E-state index in [0.717, 1.165) is 22.7 Å². The van der Waals surface area contributed by atoms with Gasteiger partial charge >= 0.3 is 0 Å². The molecule has 0 fully saturated rings. The zero-order valence-electron chi connectivity index (χ0n) is 12.1. The topological polar surface area (TPSA) is 58.6 Å². The highest BCUT2D eigenvalue weighted by atomic mass is 32.2. The normalized spacial score (nSPS) is 10.8. The zero-order chi connectivity index (χ0) is 15.4. The minimum Gasteiger partial charge on any atom is -0.293 e. The molecule has 0 saturated carbocycles. The molecule has 0 amide bonds. The van der Waals surface area contributed by atoms with Crippen LogP contribution in [0.15, 0.2) is 46.9 Å². The Kier molecular flexibility index (Phi) is 4.70. The van der Waals surface area contributed by atoms with E-state index in [2.05, 4.69) is 22.1 Å². The molecular weight excluding hydrogens is 314 g/mol. The van der Waals surface area contributed by atoms with Gasteiger partial charge in [0.2, 0.25) is 5.16 Å². The average molecular weight is 329 g/mol. The molecule has 1 aromatic carbocycles. The van der Waals surface area contributed by atoms with Crippen LogP contribution in [0.3, 0.4) is 0 Å². The number of benzene rings is 1. The minimum atomic E-state index is 0.0927. The summed E-state index contributed by atoms with van der Waals surface area (Å²) in [5.74, 6) is 1.18. The molecule has 0 saturated heterocycles. The molecule has 0 spiro atoms. The number of rotatable bonds is 6. The Morgan fingerprint density at radius 2 is 2.09 bits per heavy atom. The maximum atomic E-state index is 12.2. The highest BCUT2D eigenvalue weighted by molar-refractivity contribution is 7.99. The van der Waals surface area contributed by atoms with Crippen LogP contribution in [-0.2, 0) is 6.42 Å². The van der Waals surface area contributed by atoms with Crippen molar-refractivity contribution >= 4 is 28.9 Å². The standard InChI is InChI=1S/C16H15N3OS2/c1-2-11-5-7-12(8-6-11)13(20)10-22-16-17-15(18-19-16)14-4-3-9-21-14/h3-9H,2,10H2,1H3,(H,17,18,19). The van der Waals surface area contributed by atoms with Crippen molar-refractivity contribution in [3.63, 3.8) is 0 Å². The number of carbonyl (C=O) groups excluding carboxylic acids is 1. The molecule has 3 rings (SSSR count). The summed E-state index contributed by atoms with van der Waals surface area (Å²) in [6.45, 7) is 2.10. The van der Waals surface area contributed by atoms with Gasteiger partial charge in [-0.1, -0.05) is 49.0 Å². The molecule has 0 atom stereocenters. The number of H-pyrrole nitrogens is 1. The van der Waals surface area contributed by atoms with Gasteiger partial charge in [0.15, 0.2) is 11.6 Å². The number of carbonyl (C=O) groups is 1. The second-order valence-electron chi connectivity index (χ2n) is 4.71. The Morgan fingerprint density at radius 1 is 1.27 bits per heavy atom. The zero-order valence-corrected chi connectivity index (χ0v) is 13.7. The monoisotopic (exact) mass is 329 g/mol. The van der Waals surface area contributed by atoms with Crippen molar-refractivity contribution in [2.24, 2.45) is 0 Å². The first-order valence-electron chi connectivity index (χ1n) is 6.97. The van der Waals surface area contributed by atoms with Crippen molar-refractivity contribution in [2.75, 3.05) is 5.75 Å². The van der Waals surface area contributed by atoms with E-state index in [4.69, 9.17) is 0 Å². The highest BCUT2D eigenvalue weighted by Gasteiger charge is 2.11. The van der Waals surface area contributed by atoms with Crippen LogP contribution in [0.2, 0.25) is 0 Å². The van der Waals surface area contributed by atoms with Gasteiger partial charge in [0, 0.05) is 5.56 Å². The fourth-order valence-corrected chi connectivity index (χ4v) is 3.33. The Hall–Kier alpha value is -1.92. The molecule has 0 aliphatic rings. The lowest BCUT2D eigenvalue weighted by Gasteiger charge is -2.01. The van der Waals surface area contributed by atoms with Gasteiger partial charge in [-0.15, -0.1) is 16.4 Å². The van der Waals surface area contributed by atoms with Crippen molar-refractivity contribution in [3.8, 4) is 10.7 Å². The third kappa shape index (κ3) is 3.45. The van der Waals surface area contributed by atoms with Crippen molar-refractivity contribution in [1.82, 2.24) is 15.2 Å². The van der Waals surface area contributed by atoms with Crippen LogP contribution in [0, 0.1) is 0 Å². The predicted octanol–water partition coefficient (Wildman–Crippen LogP) is 4.07. The van der Waals surface area contributed by atoms with Gasteiger partial charge in [-0.3, -0.25) is 9.89 Å². The maximum Gasteiger partial charge on any atom is 0.209 e.